The van der Waals surface area contributed by atoms with Gasteiger partial charge in [0.05, 0.1) is 17.2 Å². The van der Waals surface area contributed by atoms with E-state index in [0.717, 1.165) is 6.07 Å². The van der Waals surface area contributed by atoms with Crippen LogP contribution in [0, 0.1) is 5.92 Å². The van der Waals surface area contributed by atoms with E-state index < -0.39 is 28.5 Å². The van der Waals surface area contributed by atoms with Gasteiger partial charge in [0.25, 0.3) is 0 Å². The smallest absolute Gasteiger partial charge is 0.417 e. The zero-order chi connectivity index (χ0) is 18.8. The summed E-state index contributed by atoms with van der Waals surface area (Å²) < 4.78 is 49.3. The van der Waals surface area contributed by atoms with Crippen LogP contribution in [0.3, 0.4) is 0 Å². The second-order valence-corrected chi connectivity index (χ2v) is 7.39. The van der Waals surface area contributed by atoms with Gasteiger partial charge in [-0.25, -0.2) is 4.79 Å². The van der Waals surface area contributed by atoms with E-state index in [1.165, 1.54) is 12.1 Å². The molecule has 1 heterocycles. The van der Waals surface area contributed by atoms with Crippen molar-refractivity contribution in [2.24, 2.45) is 5.92 Å². The first-order valence-electron chi connectivity index (χ1n) is 7.94. The standard InChI is InChI=1S/C17H21ClF3NO3/c1-16(2,3)25-15(23)22-8-7-11(9-22)10-24-13-6-4-5-12(14(13)18)17(19,20)21/h4-6,11H,7-10H2,1-3H3. The predicted molar refractivity (Wildman–Crippen MR) is 87.9 cm³/mol. The highest BCUT2D eigenvalue weighted by atomic mass is 35.5. The molecule has 1 unspecified atom stereocenters. The molecule has 2 rings (SSSR count). The topological polar surface area (TPSA) is 38.8 Å². The Hall–Kier alpha value is -1.63. The molecule has 1 saturated heterocycles. The Labute approximate surface area is 149 Å². The first kappa shape index (κ1) is 19.7. The summed E-state index contributed by atoms with van der Waals surface area (Å²) in [6.45, 7) is 6.51. The molecular formula is C17H21ClF3NO3. The molecular weight excluding hydrogens is 359 g/mol. The number of amides is 1. The van der Waals surface area contributed by atoms with Crippen molar-refractivity contribution in [1.29, 1.82) is 0 Å². The van der Waals surface area contributed by atoms with Crippen molar-refractivity contribution in [2.45, 2.75) is 39.0 Å². The maximum absolute atomic E-state index is 12.8. The van der Waals surface area contributed by atoms with Crippen LogP contribution in [0.15, 0.2) is 18.2 Å². The van der Waals surface area contributed by atoms with Gasteiger partial charge in [-0.2, -0.15) is 13.2 Å². The van der Waals surface area contributed by atoms with Crippen LogP contribution in [0.5, 0.6) is 5.75 Å². The Kier molecular flexibility index (Phi) is 5.76. The third-order valence-electron chi connectivity index (χ3n) is 3.68. The molecule has 0 spiro atoms. The molecule has 0 N–H and O–H groups in total. The maximum Gasteiger partial charge on any atom is 0.417 e. The second kappa shape index (κ2) is 7.32. The van der Waals surface area contributed by atoms with Crippen LogP contribution >= 0.6 is 11.6 Å². The number of hydrogen-bond donors (Lipinski definition) is 0. The minimum Gasteiger partial charge on any atom is -0.492 e. The van der Waals surface area contributed by atoms with Gasteiger partial charge < -0.3 is 14.4 Å². The average Bonchev–Trinajstić information content (AvgIpc) is 2.92. The Morgan fingerprint density at radius 3 is 2.60 bits per heavy atom. The molecule has 1 aromatic carbocycles. The van der Waals surface area contributed by atoms with Crippen molar-refractivity contribution in [3.8, 4) is 5.75 Å². The van der Waals surface area contributed by atoms with E-state index in [1.54, 1.807) is 25.7 Å². The summed E-state index contributed by atoms with van der Waals surface area (Å²) in [6, 6.07) is 3.57. The number of alkyl halides is 3. The second-order valence-electron chi connectivity index (χ2n) is 7.01. The van der Waals surface area contributed by atoms with Crippen molar-refractivity contribution < 1.29 is 27.4 Å². The Balaban J connectivity index is 1.92. The van der Waals surface area contributed by atoms with Crippen LogP contribution in [-0.2, 0) is 10.9 Å². The van der Waals surface area contributed by atoms with Gasteiger partial charge in [0.15, 0.2) is 0 Å². The fourth-order valence-electron chi connectivity index (χ4n) is 2.51. The highest BCUT2D eigenvalue weighted by molar-refractivity contribution is 6.32. The molecule has 1 amide bonds. The quantitative estimate of drug-likeness (QED) is 0.742. The predicted octanol–water partition coefficient (Wildman–Crippen LogP) is 4.99. The van der Waals surface area contributed by atoms with Crippen LogP contribution in [0.4, 0.5) is 18.0 Å². The van der Waals surface area contributed by atoms with Gasteiger partial charge in [0, 0.05) is 19.0 Å². The molecule has 0 bridgehead atoms. The van der Waals surface area contributed by atoms with Crippen molar-refractivity contribution in [3.05, 3.63) is 28.8 Å². The van der Waals surface area contributed by atoms with Crippen LogP contribution in [0.25, 0.3) is 0 Å². The zero-order valence-electron chi connectivity index (χ0n) is 14.3. The number of rotatable bonds is 3. The summed E-state index contributed by atoms with van der Waals surface area (Å²) in [5.41, 5.74) is -1.49. The summed E-state index contributed by atoms with van der Waals surface area (Å²) in [6.07, 6.45) is -4.24. The molecule has 1 atom stereocenters. The zero-order valence-corrected chi connectivity index (χ0v) is 15.1. The minimum absolute atomic E-state index is 0.00721. The fraction of sp³-hybridized carbons (Fsp3) is 0.588. The third kappa shape index (κ3) is 5.42. The molecule has 25 heavy (non-hydrogen) atoms. The van der Waals surface area contributed by atoms with Gasteiger partial charge in [-0.15, -0.1) is 0 Å². The molecule has 1 aromatic rings. The number of carbonyl (C=O) groups excluding carboxylic acids is 1. The maximum atomic E-state index is 12.8. The van der Waals surface area contributed by atoms with E-state index >= 15 is 0 Å². The molecule has 1 aliphatic heterocycles. The Morgan fingerprint density at radius 1 is 1.32 bits per heavy atom. The molecule has 0 aliphatic carbocycles. The van der Waals surface area contributed by atoms with E-state index in [9.17, 15) is 18.0 Å². The fourth-order valence-corrected chi connectivity index (χ4v) is 2.80. The lowest BCUT2D eigenvalue weighted by atomic mass is 10.1. The number of carbonyl (C=O) groups is 1. The number of halogens is 4. The Morgan fingerprint density at radius 2 is 2.00 bits per heavy atom. The monoisotopic (exact) mass is 379 g/mol. The van der Waals surface area contributed by atoms with Gasteiger partial charge in [-0.1, -0.05) is 17.7 Å². The lowest BCUT2D eigenvalue weighted by Crippen LogP contribution is -2.35. The summed E-state index contributed by atoms with van der Waals surface area (Å²) in [4.78, 5) is 13.6. The molecule has 1 aliphatic rings. The van der Waals surface area contributed by atoms with Crippen molar-refractivity contribution in [1.82, 2.24) is 4.90 Å². The van der Waals surface area contributed by atoms with Gasteiger partial charge in [-0.05, 0) is 39.3 Å². The van der Waals surface area contributed by atoms with Crippen LogP contribution < -0.4 is 4.74 Å². The molecule has 140 valence electrons. The van der Waals surface area contributed by atoms with Crippen LogP contribution in [0.1, 0.15) is 32.8 Å². The normalized spacial score (nSPS) is 18.4. The molecule has 0 radical (unpaired) electrons. The number of likely N-dealkylation sites (tertiary alicyclic amines) is 1. The summed E-state index contributed by atoms with van der Waals surface area (Å²) >= 11 is 5.80. The minimum atomic E-state index is -4.53. The molecule has 0 aromatic heterocycles. The van der Waals surface area contributed by atoms with Gasteiger partial charge >= 0.3 is 12.3 Å². The summed E-state index contributed by atoms with van der Waals surface area (Å²) in [5, 5.41) is -0.447. The SMILES string of the molecule is CC(C)(C)OC(=O)N1CCC(COc2cccc(C(F)(F)F)c2Cl)C1. The van der Waals surface area contributed by atoms with Gasteiger partial charge in [0.2, 0.25) is 0 Å². The highest BCUT2D eigenvalue weighted by Crippen LogP contribution is 2.39. The first-order valence-corrected chi connectivity index (χ1v) is 8.31. The highest BCUT2D eigenvalue weighted by Gasteiger charge is 2.35. The lowest BCUT2D eigenvalue weighted by Gasteiger charge is -2.24. The van der Waals surface area contributed by atoms with E-state index in [-0.39, 0.29) is 18.3 Å². The van der Waals surface area contributed by atoms with E-state index in [4.69, 9.17) is 21.1 Å². The lowest BCUT2D eigenvalue weighted by molar-refractivity contribution is -0.137. The summed E-state index contributed by atoms with van der Waals surface area (Å²) in [5.74, 6) is 0.00494. The Bertz CT molecular complexity index is 629. The van der Waals surface area contributed by atoms with Crippen LogP contribution in [-0.4, -0.2) is 36.3 Å². The van der Waals surface area contributed by atoms with Crippen molar-refractivity contribution >= 4 is 17.7 Å². The molecule has 8 heteroatoms. The number of nitrogens with zero attached hydrogens (tertiary/aromatic N) is 1. The molecule has 1 fully saturated rings. The summed E-state index contributed by atoms with van der Waals surface area (Å²) in [7, 11) is 0. The van der Waals surface area contributed by atoms with Crippen molar-refractivity contribution in [3.63, 3.8) is 0 Å². The number of benzene rings is 1. The number of hydrogen-bond acceptors (Lipinski definition) is 3. The third-order valence-corrected chi connectivity index (χ3v) is 4.07. The van der Waals surface area contributed by atoms with E-state index in [2.05, 4.69) is 0 Å². The number of ether oxygens (including phenoxy) is 2. The van der Waals surface area contributed by atoms with Crippen LogP contribution in [0.2, 0.25) is 5.02 Å². The van der Waals surface area contributed by atoms with E-state index in [0.29, 0.717) is 19.5 Å². The average molecular weight is 380 g/mol. The van der Waals surface area contributed by atoms with Gasteiger partial charge in [0.1, 0.15) is 11.4 Å². The molecule has 4 nitrogen and oxygen atoms in total. The van der Waals surface area contributed by atoms with Crippen molar-refractivity contribution in [2.75, 3.05) is 19.7 Å². The molecule has 0 saturated carbocycles. The van der Waals surface area contributed by atoms with E-state index in [1.807, 2.05) is 0 Å². The first-order chi connectivity index (χ1) is 11.5. The largest absolute Gasteiger partial charge is 0.492 e. The van der Waals surface area contributed by atoms with Gasteiger partial charge in [-0.3, -0.25) is 0 Å².